The van der Waals surface area contributed by atoms with Crippen molar-refractivity contribution in [2.75, 3.05) is 21.0 Å². The van der Waals surface area contributed by atoms with Crippen LogP contribution in [0.4, 0.5) is 0 Å². The number of ketones is 1. The molecular formula is C25H27NO5. The quantitative estimate of drug-likeness (QED) is 0.666. The Bertz CT molecular complexity index is 1070. The monoisotopic (exact) mass is 421 g/mol. The minimum atomic E-state index is -0.114. The first-order chi connectivity index (χ1) is 15.1. The summed E-state index contributed by atoms with van der Waals surface area (Å²) in [6.45, 7) is 3.37. The SMILES string of the molecule is COc1ccc(/C=C2\Oc3c(cc4c(c3C)OCN(C3CCCC3)C4)C2=O)c(OC)c1. The maximum atomic E-state index is 13.2. The molecule has 6 nitrogen and oxygen atoms in total. The van der Waals surface area contributed by atoms with E-state index in [-0.39, 0.29) is 11.5 Å². The van der Waals surface area contributed by atoms with Gasteiger partial charge in [0, 0.05) is 35.3 Å². The lowest BCUT2D eigenvalue weighted by molar-refractivity contribution is 0.0570. The van der Waals surface area contributed by atoms with Crippen LogP contribution in [0.15, 0.2) is 30.0 Å². The van der Waals surface area contributed by atoms with Crippen LogP contribution in [0.5, 0.6) is 23.0 Å². The minimum Gasteiger partial charge on any atom is -0.497 e. The highest BCUT2D eigenvalue weighted by molar-refractivity contribution is 6.15. The third kappa shape index (κ3) is 3.45. The molecule has 0 bridgehead atoms. The van der Waals surface area contributed by atoms with Crippen molar-refractivity contribution in [3.8, 4) is 23.0 Å². The van der Waals surface area contributed by atoms with E-state index in [1.807, 2.05) is 25.1 Å². The van der Waals surface area contributed by atoms with Gasteiger partial charge in [0.05, 0.1) is 19.8 Å². The van der Waals surface area contributed by atoms with Gasteiger partial charge in [-0.3, -0.25) is 9.69 Å². The molecule has 6 heteroatoms. The van der Waals surface area contributed by atoms with Crippen LogP contribution < -0.4 is 18.9 Å². The molecule has 0 unspecified atom stereocenters. The van der Waals surface area contributed by atoms with Crippen molar-refractivity contribution in [2.45, 2.75) is 45.2 Å². The Morgan fingerprint density at radius 2 is 1.90 bits per heavy atom. The molecule has 1 saturated carbocycles. The summed E-state index contributed by atoms with van der Waals surface area (Å²) in [5.74, 6) is 2.92. The number of benzene rings is 2. The Kier molecular flexibility index (Phi) is 5.10. The zero-order valence-electron chi connectivity index (χ0n) is 18.2. The highest BCUT2D eigenvalue weighted by Gasteiger charge is 2.35. The fourth-order valence-corrected chi connectivity index (χ4v) is 4.85. The third-order valence-electron chi connectivity index (χ3n) is 6.53. The van der Waals surface area contributed by atoms with E-state index < -0.39 is 0 Å². The minimum absolute atomic E-state index is 0.114. The second kappa shape index (κ2) is 7.93. The third-order valence-corrected chi connectivity index (χ3v) is 6.53. The first-order valence-corrected chi connectivity index (χ1v) is 10.8. The average Bonchev–Trinajstić information content (AvgIpc) is 3.44. The van der Waals surface area contributed by atoms with Crippen molar-refractivity contribution in [1.29, 1.82) is 0 Å². The van der Waals surface area contributed by atoms with Gasteiger partial charge < -0.3 is 18.9 Å². The number of carbonyl (C=O) groups is 1. The number of nitrogens with zero attached hydrogens (tertiary/aromatic N) is 1. The molecule has 3 aliphatic rings. The topological polar surface area (TPSA) is 57.2 Å². The van der Waals surface area contributed by atoms with Crippen LogP contribution in [0.1, 0.15) is 52.7 Å². The summed E-state index contributed by atoms with van der Waals surface area (Å²) < 4.78 is 22.9. The molecule has 0 atom stereocenters. The summed E-state index contributed by atoms with van der Waals surface area (Å²) in [6.07, 6.45) is 6.74. The number of Topliss-reactive ketones (excluding diaryl/α,β-unsaturated/α-hetero) is 1. The summed E-state index contributed by atoms with van der Waals surface area (Å²) in [4.78, 5) is 15.6. The van der Waals surface area contributed by atoms with Gasteiger partial charge in [-0.05, 0) is 44.0 Å². The number of hydrogen-bond donors (Lipinski definition) is 0. The predicted octanol–water partition coefficient (Wildman–Crippen LogP) is 4.72. The lowest BCUT2D eigenvalue weighted by atomic mass is 9.99. The van der Waals surface area contributed by atoms with Crippen LogP contribution in [0, 0.1) is 6.92 Å². The fraction of sp³-hybridized carbons (Fsp3) is 0.400. The zero-order valence-corrected chi connectivity index (χ0v) is 18.2. The van der Waals surface area contributed by atoms with Gasteiger partial charge in [0.2, 0.25) is 5.78 Å². The smallest absolute Gasteiger partial charge is 0.231 e. The number of rotatable bonds is 4. The van der Waals surface area contributed by atoms with E-state index in [1.54, 1.807) is 26.4 Å². The molecule has 31 heavy (non-hydrogen) atoms. The Balaban J connectivity index is 1.47. The van der Waals surface area contributed by atoms with Crippen molar-refractivity contribution >= 4 is 11.9 Å². The van der Waals surface area contributed by atoms with E-state index in [4.69, 9.17) is 18.9 Å². The second-order valence-electron chi connectivity index (χ2n) is 8.37. The molecule has 1 fully saturated rings. The van der Waals surface area contributed by atoms with E-state index in [9.17, 15) is 4.79 Å². The molecule has 0 radical (unpaired) electrons. The van der Waals surface area contributed by atoms with Crippen LogP contribution in [-0.2, 0) is 6.54 Å². The van der Waals surface area contributed by atoms with Crippen molar-refractivity contribution in [3.05, 3.63) is 52.3 Å². The van der Waals surface area contributed by atoms with Crippen LogP contribution in [0.25, 0.3) is 6.08 Å². The summed E-state index contributed by atoms with van der Waals surface area (Å²) in [7, 11) is 3.20. The van der Waals surface area contributed by atoms with Crippen molar-refractivity contribution in [1.82, 2.24) is 4.90 Å². The highest BCUT2D eigenvalue weighted by Crippen LogP contribution is 2.44. The Morgan fingerprint density at radius 3 is 2.65 bits per heavy atom. The molecule has 0 amide bonds. The maximum absolute atomic E-state index is 13.2. The summed E-state index contributed by atoms with van der Waals surface area (Å²) in [5, 5.41) is 0. The molecule has 2 aliphatic heterocycles. The van der Waals surface area contributed by atoms with Crippen LogP contribution in [-0.4, -0.2) is 37.7 Å². The molecule has 0 N–H and O–H groups in total. The van der Waals surface area contributed by atoms with Gasteiger partial charge in [0.25, 0.3) is 0 Å². The number of ether oxygens (including phenoxy) is 4. The zero-order chi connectivity index (χ0) is 21.5. The van der Waals surface area contributed by atoms with Crippen molar-refractivity contribution in [3.63, 3.8) is 0 Å². The van der Waals surface area contributed by atoms with Gasteiger partial charge in [0.1, 0.15) is 29.7 Å². The van der Waals surface area contributed by atoms with Crippen molar-refractivity contribution < 1.29 is 23.7 Å². The lowest BCUT2D eigenvalue weighted by Crippen LogP contribution is -2.39. The molecule has 1 aliphatic carbocycles. The number of allylic oxidation sites excluding steroid dienone is 1. The standard InChI is InChI=1S/C25H27NO5/c1-15-24-17(13-26(14-30-24)18-6-4-5-7-18)10-20-23(27)22(31-25(15)20)11-16-8-9-19(28-2)12-21(16)29-3/h8-12,18H,4-7,13-14H2,1-3H3/b22-11-. The summed E-state index contributed by atoms with van der Waals surface area (Å²) in [5.41, 5.74) is 3.31. The average molecular weight is 421 g/mol. The van der Waals surface area contributed by atoms with Gasteiger partial charge in [0.15, 0.2) is 5.76 Å². The summed E-state index contributed by atoms with van der Waals surface area (Å²) in [6, 6.07) is 8.00. The largest absolute Gasteiger partial charge is 0.497 e. The first-order valence-electron chi connectivity index (χ1n) is 10.8. The van der Waals surface area contributed by atoms with Gasteiger partial charge in [-0.1, -0.05) is 12.8 Å². The van der Waals surface area contributed by atoms with E-state index in [1.165, 1.54) is 25.7 Å². The van der Waals surface area contributed by atoms with E-state index in [2.05, 4.69) is 4.90 Å². The van der Waals surface area contributed by atoms with Crippen LogP contribution in [0.3, 0.4) is 0 Å². The number of hydrogen-bond acceptors (Lipinski definition) is 6. The maximum Gasteiger partial charge on any atom is 0.231 e. The molecule has 2 aromatic rings. The van der Waals surface area contributed by atoms with E-state index in [0.29, 0.717) is 35.6 Å². The molecule has 2 aromatic carbocycles. The van der Waals surface area contributed by atoms with Gasteiger partial charge in [-0.25, -0.2) is 0 Å². The molecule has 0 aromatic heterocycles. The molecule has 0 saturated heterocycles. The van der Waals surface area contributed by atoms with Gasteiger partial charge in [-0.2, -0.15) is 0 Å². The van der Waals surface area contributed by atoms with E-state index >= 15 is 0 Å². The van der Waals surface area contributed by atoms with E-state index in [0.717, 1.165) is 29.0 Å². The first kappa shape index (κ1) is 19.9. The second-order valence-corrected chi connectivity index (χ2v) is 8.37. The van der Waals surface area contributed by atoms with Crippen LogP contribution >= 0.6 is 0 Å². The van der Waals surface area contributed by atoms with Crippen molar-refractivity contribution in [2.24, 2.45) is 0 Å². The Labute approximate surface area is 182 Å². The summed E-state index contributed by atoms with van der Waals surface area (Å²) >= 11 is 0. The Hall–Kier alpha value is -2.99. The number of methoxy groups -OCH3 is 2. The molecule has 2 heterocycles. The number of fused-ring (bicyclic) bond motifs is 2. The van der Waals surface area contributed by atoms with Gasteiger partial charge >= 0.3 is 0 Å². The molecule has 162 valence electrons. The molecular weight excluding hydrogens is 394 g/mol. The molecule has 0 spiro atoms. The predicted molar refractivity (Wildman–Crippen MR) is 117 cm³/mol. The molecule has 5 rings (SSSR count). The fourth-order valence-electron chi connectivity index (χ4n) is 4.85. The highest BCUT2D eigenvalue weighted by atomic mass is 16.5. The Morgan fingerprint density at radius 1 is 1.10 bits per heavy atom. The van der Waals surface area contributed by atoms with Gasteiger partial charge in [-0.15, -0.1) is 0 Å². The van der Waals surface area contributed by atoms with Crippen LogP contribution in [0.2, 0.25) is 0 Å². The number of carbonyl (C=O) groups excluding carboxylic acids is 1. The lowest BCUT2D eigenvalue weighted by Gasteiger charge is -2.34. The normalized spacial score (nSPS) is 19.7.